The SMILES string of the molecule is O=C(O)C[C@H](NC(=O)c1cccc(Br)c1)c1ccc(F)cc1. The molecule has 0 saturated heterocycles. The highest BCUT2D eigenvalue weighted by Gasteiger charge is 2.19. The van der Waals surface area contributed by atoms with Gasteiger partial charge in [-0.15, -0.1) is 0 Å². The van der Waals surface area contributed by atoms with Crippen LogP contribution in [0.1, 0.15) is 28.4 Å². The molecule has 2 rings (SSSR count). The molecule has 0 bridgehead atoms. The summed E-state index contributed by atoms with van der Waals surface area (Å²) in [4.78, 5) is 23.2. The predicted molar refractivity (Wildman–Crippen MR) is 83.0 cm³/mol. The molecule has 0 spiro atoms. The molecule has 0 aliphatic rings. The predicted octanol–water partition coefficient (Wildman–Crippen LogP) is 3.53. The largest absolute Gasteiger partial charge is 0.481 e. The van der Waals surface area contributed by atoms with Gasteiger partial charge in [-0.25, -0.2) is 4.39 Å². The van der Waals surface area contributed by atoms with E-state index in [1.807, 2.05) is 0 Å². The van der Waals surface area contributed by atoms with Gasteiger partial charge in [0, 0.05) is 10.0 Å². The van der Waals surface area contributed by atoms with Gasteiger partial charge in [-0.3, -0.25) is 9.59 Å². The molecule has 0 unspecified atom stereocenters. The van der Waals surface area contributed by atoms with Crippen LogP contribution in [0.2, 0.25) is 0 Å². The van der Waals surface area contributed by atoms with E-state index < -0.39 is 23.7 Å². The minimum Gasteiger partial charge on any atom is -0.481 e. The number of halogens is 2. The third kappa shape index (κ3) is 4.39. The van der Waals surface area contributed by atoms with Gasteiger partial charge in [-0.05, 0) is 35.9 Å². The maximum absolute atomic E-state index is 13.0. The van der Waals surface area contributed by atoms with E-state index in [0.717, 1.165) is 4.47 Å². The topological polar surface area (TPSA) is 66.4 Å². The molecule has 114 valence electrons. The minimum absolute atomic E-state index is 0.286. The van der Waals surface area contributed by atoms with Crippen LogP contribution in [0.5, 0.6) is 0 Å². The molecule has 4 nitrogen and oxygen atoms in total. The lowest BCUT2D eigenvalue weighted by Gasteiger charge is -2.17. The lowest BCUT2D eigenvalue weighted by Crippen LogP contribution is -2.30. The van der Waals surface area contributed by atoms with Crippen molar-refractivity contribution in [1.82, 2.24) is 5.32 Å². The van der Waals surface area contributed by atoms with Crippen LogP contribution in [0.25, 0.3) is 0 Å². The number of hydrogen-bond acceptors (Lipinski definition) is 2. The quantitative estimate of drug-likeness (QED) is 0.851. The number of benzene rings is 2. The minimum atomic E-state index is -1.05. The fourth-order valence-corrected chi connectivity index (χ4v) is 2.39. The molecule has 0 saturated carbocycles. The number of carbonyl (C=O) groups is 2. The molecule has 0 aromatic heterocycles. The monoisotopic (exact) mass is 365 g/mol. The summed E-state index contributed by atoms with van der Waals surface area (Å²) >= 11 is 3.27. The van der Waals surface area contributed by atoms with Crippen molar-refractivity contribution in [2.45, 2.75) is 12.5 Å². The van der Waals surface area contributed by atoms with E-state index >= 15 is 0 Å². The first-order valence-corrected chi connectivity index (χ1v) is 7.28. The molecule has 1 amide bonds. The van der Waals surface area contributed by atoms with E-state index in [0.29, 0.717) is 11.1 Å². The van der Waals surface area contributed by atoms with E-state index in [4.69, 9.17) is 5.11 Å². The first kappa shape index (κ1) is 16.2. The molecule has 2 aromatic rings. The summed E-state index contributed by atoms with van der Waals surface area (Å²) < 4.78 is 13.7. The molecule has 0 fully saturated rings. The summed E-state index contributed by atoms with van der Waals surface area (Å²) in [5.74, 6) is -1.86. The fraction of sp³-hybridized carbons (Fsp3) is 0.125. The number of rotatable bonds is 5. The van der Waals surface area contributed by atoms with Crippen molar-refractivity contribution in [3.63, 3.8) is 0 Å². The van der Waals surface area contributed by atoms with Crippen molar-refractivity contribution in [3.8, 4) is 0 Å². The Hall–Kier alpha value is -2.21. The second-order valence-electron chi connectivity index (χ2n) is 4.69. The second-order valence-corrected chi connectivity index (χ2v) is 5.60. The zero-order chi connectivity index (χ0) is 16.1. The van der Waals surface area contributed by atoms with Gasteiger partial charge in [0.15, 0.2) is 0 Å². The van der Waals surface area contributed by atoms with Gasteiger partial charge in [0.1, 0.15) is 5.82 Å². The van der Waals surface area contributed by atoms with E-state index in [2.05, 4.69) is 21.2 Å². The maximum Gasteiger partial charge on any atom is 0.305 e. The van der Waals surface area contributed by atoms with Crippen LogP contribution < -0.4 is 5.32 Å². The van der Waals surface area contributed by atoms with Gasteiger partial charge in [-0.1, -0.05) is 34.1 Å². The number of carboxylic acid groups (broad SMARTS) is 1. The molecule has 0 heterocycles. The van der Waals surface area contributed by atoms with Gasteiger partial charge in [0.25, 0.3) is 5.91 Å². The zero-order valence-electron chi connectivity index (χ0n) is 11.4. The summed E-state index contributed by atoms with van der Waals surface area (Å²) in [7, 11) is 0. The van der Waals surface area contributed by atoms with Gasteiger partial charge in [0.2, 0.25) is 0 Å². The van der Waals surface area contributed by atoms with Crippen molar-refractivity contribution in [3.05, 3.63) is 69.9 Å². The first-order chi connectivity index (χ1) is 10.5. The van der Waals surface area contributed by atoms with Gasteiger partial charge < -0.3 is 10.4 Å². The van der Waals surface area contributed by atoms with Crippen molar-refractivity contribution in [2.75, 3.05) is 0 Å². The van der Waals surface area contributed by atoms with E-state index in [1.165, 1.54) is 24.3 Å². The molecular formula is C16H13BrFNO3. The Kier molecular flexibility index (Phi) is 5.27. The van der Waals surface area contributed by atoms with Crippen molar-refractivity contribution >= 4 is 27.8 Å². The molecular weight excluding hydrogens is 353 g/mol. The number of nitrogens with one attached hydrogen (secondary N) is 1. The van der Waals surface area contributed by atoms with Crippen LogP contribution in [0, 0.1) is 5.82 Å². The van der Waals surface area contributed by atoms with Crippen molar-refractivity contribution < 1.29 is 19.1 Å². The van der Waals surface area contributed by atoms with Crippen molar-refractivity contribution in [2.24, 2.45) is 0 Å². The van der Waals surface area contributed by atoms with E-state index in [1.54, 1.807) is 24.3 Å². The number of hydrogen-bond donors (Lipinski definition) is 2. The molecule has 1 atom stereocenters. The fourth-order valence-electron chi connectivity index (χ4n) is 1.99. The summed E-state index contributed by atoms with van der Waals surface area (Å²) in [5, 5.41) is 11.7. The Morgan fingerprint density at radius 3 is 2.45 bits per heavy atom. The van der Waals surface area contributed by atoms with Crippen LogP contribution in [0.3, 0.4) is 0 Å². The smallest absolute Gasteiger partial charge is 0.305 e. The van der Waals surface area contributed by atoms with Crippen LogP contribution in [-0.4, -0.2) is 17.0 Å². The van der Waals surface area contributed by atoms with Crippen LogP contribution in [0.15, 0.2) is 53.0 Å². The molecule has 22 heavy (non-hydrogen) atoms. The lowest BCUT2D eigenvalue weighted by molar-refractivity contribution is -0.137. The molecule has 6 heteroatoms. The third-order valence-electron chi connectivity index (χ3n) is 3.04. The second kappa shape index (κ2) is 7.17. The molecule has 0 radical (unpaired) electrons. The molecule has 2 N–H and O–H groups in total. The summed E-state index contributed by atoms with van der Waals surface area (Å²) in [6, 6.07) is 11.4. The number of amides is 1. The highest BCUT2D eigenvalue weighted by molar-refractivity contribution is 9.10. The molecule has 2 aromatic carbocycles. The van der Waals surface area contributed by atoms with Crippen LogP contribution >= 0.6 is 15.9 Å². The van der Waals surface area contributed by atoms with E-state index in [9.17, 15) is 14.0 Å². The number of aliphatic carboxylic acids is 1. The average molecular weight is 366 g/mol. The zero-order valence-corrected chi connectivity index (χ0v) is 13.0. The normalized spacial score (nSPS) is 11.7. The third-order valence-corrected chi connectivity index (χ3v) is 3.54. The summed E-state index contributed by atoms with van der Waals surface area (Å²) in [6.45, 7) is 0. The van der Waals surface area contributed by atoms with Crippen LogP contribution in [0.4, 0.5) is 4.39 Å². The van der Waals surface area contributed by atoms with Crippen molar-refractivity contribution in [1.29, 1.82) is 0 Å². The number of carboxylic acids is 1. The number of carbonyl (C=O) groups excluding carboxylic acids is 1. The maximum atomic E-state index is 13.0. The Morgan fingerprint density at radius 2 is 1.86 bits per heavy atom. The Bertz CT molecular complexity index is 688. The standard InChI is InChI=1S/C16H13BrFNO3/c17-12-3-1-2-11(8-12)16(22)19-14(9-15(20)21)10-4-6-13(18)7-5-10/h1-8,14H,9H2,(H,19,22)(H,20,21)/t14-/m0/s1. The average Bonchev–Trinajstić information content (AvgIpc) is 2.47. The Labute approximate surface area is 135 Å². The highest BCUT2D eigenvalue weighted by Crippen LogP contribution is 2.19. The Morgan fingerprint density at radius 1 is 1.18 bits per heavy atom. The molecule has 0 aliphatic heterocycles. The summed E-state index contributed by atoms with van der Waals surface area (Å²) in [6.07, 6.45) is -0.286. The molecule has 0 aliphatic carbocycles. The summed E-state index contributed by atoms with van der Waals surface area (Å²) in [5.41, 5.74) is 0.944. The van der Waals surface area contributed by atoms with Gasteiger partial charge in [-0.2, -0.15) is 0 Å². The van der Waals surface area contributed by atoms with Gasteiger partial charge in [0.05, 0.1) is 12.5 Å². The van der Waals surface area contributed by atoms with E-state index in [-0.39, 0.29) is 6.42 Å². The highest BCUT2D eigenvalue weighted by atomic mass is 79.9. The van der Waals surface area contributed by atoms with Crippen LogP contribution in [-0.2, 0) is 4.79 Å². The van der Waals surface area contributed by atoms with Gasteiger partial charge >= 0.3 is 5.97 Å². The Balaban J connectivity index is 2.21. The lowest BCUT2D eigenvalue weighted by atomic mass is 10.0. The first-order valence-electron chi connectivity index (χ1n) is 6.49.